The smallest absolute Gasteiger partial charge is 0.274 e. The third kappa shape index (κ3) is 3.01. The Hall–Kier alpha value is -2.88. The van der Waals surface area contributed by atoms with Gasteiger partial charge in [0.1, 0.15) is 11.5 Å². The van der Waals surface area contributed by atoms with Gasteiger partial charge in [-0.05, 0) is 37.6 Å². The monoisotopic (exact) mass is 306 g/mol. The maximum absolute atomic E-state index is 12.2. The van der Waals surface area contributed by atoms with Gasteiger partial charge in [-0.3, -0.25) is 4.79 Å². The van der Waals surface area contributed by atoms with E-state index in [9.17, 15) is 4.79 Å². The second-order valence-electron chi connectivity index (χ2n) is 5.49. The number of aryl methyl sites for hydroxylation is 2. The lowest BCUT2D eigenvalue weighted by atomic mass is 10.0. The lowest BCUT2D eigenvalue weighted by molar-refractivity contribution is 0.0953. The maximum atomic E-state index is 12.2. The second kappa shape index (κ2) is 6.08. The first-order valence-corrected chi connectivity index (χ1v) is 7.46. The molecule has 0 spiro atoms. The van der Waals surface area contributed by atoms with Crippen molar-refractivity contribution in [3.8, 4) is 0 Å². The Kier molecular flexibility index (Phi) is 3.98. The van der Waals surface area contributed by atoms with Crippen molar-refractivity contribution in [2.45, 2.75) is 20.8 Å². The van der Waals surface area contributed by atoms with E-state index >= 15 is 0 Å². The number of rotatable bonds is 3. The molecule has 4 nitrogen and oxygen atoms in total. The van der Waals surface area contributed by atoms with Crippen LogP contribution in [-0.4, -0.2) is 11.6 Å². The van der Waals surface area contributed by atoms with Crippen LogP contribution >= 0.6 is 0 Å². The molecule has 0 radical (unpaired) electrons. The SMILES string of the molecule is C/C(=N/NC(=O)c1cc(C)oc1C)c1cccc2ccccc12. The maximum Gasteiger partial charge on any atom is 0.274 e. The van der Waals surface area contributed by atoms with Crippen molar-refractivity contribution in [2.24, 2.45) is 5.10 Å². The molecule has 1 aromatic heterocycles. The van der Waals surface area contributed by atoms with Gasteiger partial charge in [-0.2, -0.15) is 5.10 Å². The average molecular weight is 306 g/mol. The molecule has 2 aromatic carbocycles. The highest BCUT2D eigenvalue weighted by atomic mass is 16.3. The Labute approximate surface area is 134 Å². The number of furan rings is 1. The summed E-state index contributed by atoms with van der Waals surface area (Å²) in [5, 5.41) is 6.50. The quantitative estimate of drug-likeness (QED) is 0.582. The average Bonchev–Trinajstić information content (AvgIpc) is 2.90. The number of carbonyl (C=O) groups is 1. The van der Waals surface area contributed by atoms with E-state index in [1.54, 1.807) is 13.0 Å². The molecule has 1 amide bonds. The number of hydrazone groups is 1. The van der Waals surface area contributed by atoms with E-state index in [0.29, 0.717) is 17.1 Å². The summed E-state index contributed by atoms with van der Waals surface area (Å²) in [6.45, 7) is 5.47. The van der Waals surface area contributed by atoms with E-state index in [0.717, 1.165) is 22.0 Å². The lowest BCUT2D eigenvalue weighted by Crippen LogP contribution is -2.19. The first kappa shape index (κ1) is 15.0. The van der Waals surface area contributed by atoms with Gasteiger partial charge >= 0.3 is 0 Å². The van der Waals surface area contributed by atoms with Crippen molar-refractivity contribution in [1.82, 2.24) is 5.43 Å². The van der Waals surface area contributed by atoms with Gasteiger partial charge in [-0.1, -0.05) is 42.5 Å². The topological polar surface area (TPSA) is 54.6 Å². The van der Waals surface area contributed by atoms with Crippen LogP contribution in [0.2, 0.25) is 0 Å². The van der Waals surface area contributed by atoms with Crippen LogP contribution in [0.3, 0.4) is 0 Å². The van der Waals surface area contributed by atoms with Crippen molar-refractivity contribution < 1.29 is 9.21 Å². The first-order chi connectivity index (χ1) is 11.1. The number of hydrogen-bond acceptors (Lipinski definition) is 3. The predicted molar refractivity (Wildman–Crippen MR) is 91.8 cm³/mol. The number of carbonyl (C=O) groups excluding carboxylic acids is 1. The predicted octanol–water partition coefficient (Wildman–Crippen LogP) is 4.20. The summed E-state index contributed by atoms with van der Waals surface area (Å²) in [4.78, 5) is 12.2. The van der Waals surface area contributed by atoms with E-state index in [1.165, 1.54) is 0 Å². The zero-order valence-corrected chi connectivity index (χ0v) is 13.4. The summed E-state index contributed by atoms with van der Waals surface area (Å²) in [5.74, 6) is 1.04. The van der Waals surface area contributed by atoms with E-state index in [1.807, 2.05) is 38.1 Å². The molecule has 0 aliphatic rings. The fourth-order valence-electron chi connectivity index (χ4n) is 2.65. The highest BCUT2D eigenvalue weighted by molar-refractivity contribution is 6.10. The van der Waals surface area contributed by atoms with E-state index in [4.69, 9.17) is 4.42 Å². The fraction of sp³-hybridized carbons (Fsp3) is 0.158. The van der Waals surface area contributed by atoms with Crippen molar-refractivity contribution >= 4 is 22.4 Å². The number of amides is 1. The number of benzene rings is 2. The molecule has 1 heterocycles. The van der Waals surface area contributed by atoms with Gasteiger partial charge in [0.25, 0.3) is 5.91 Å². The summed E-state index contributed by atoms with van der Waals surface area (Å²) in [6.07, 6.45) is 0. The Bertz CT molecular complexity index is 901. The zero-order valence-electron chi connectivity index (χ0n) is 13.4. The standard InChI is InChI=1S/C19H18N2O2/c1-12-11-18(14(3)23-12)19(22)21-20-13(2)16-10-6-8-15-7-4-5-9-17(15)16/h4-11H,1-3H3,(H,21,22)/b20-13-. The van der Waals surface area contributed by atoms with Gasteiger partial charge in [0, 0.05) is 5.56 Å². The van der Waals surface area contributed by atoms with Crippen LogP contribution in [0.25, 0.3) is 10.8 Å². The third-order valence-corrected chi connectivity index (χ3v) is 3.79. The van der Waals surface area contributed by atoms with Crippen molar-refractivity contribution in [3.63, 3.8) is 0 Å². The van der Waals surface area contributed by atoms with Gasteiger partial charge < -0.3 is 4.42 Å². The molecule has 0 aliphatic carbocycles. The van der Waals surface area contributed by atoms with Crippen molar-refractivity contribution in [2.75, 3.05) is 0 Å². The van der Waals surface area contributed by atoms with E-state index in [2.05, 4.69) is 28.7 Å². The minimum atomic E-state index is -0.265. The molecule has 0 bridgehead atoms. The summed E-state index contributed by atoms with van der Waals surface area (Å²) < 4.78 is 5.38. The number of fused-ring (bicyclic) bond motifs is 1. The molecule has 1 N–H and O–H groups in total. The molecule has 0 fully saturated rings. The van der Waals surface area contributed by atoms with Gasteiger partial charge in [0.05, 0.1) is 11.3 Å². The Morgan fingerprint density at radius 2 is 1.78 bits per heavy atom. The fourth-order valence-corrected chi connectivity index (χ4v) is 2.65. The van der Waals surface area contributed by atoms with Crippen LogP contribution in [0.5, 0.6) is 0 Å². The minimum Gasteiger partial charge on any atom is -0.466 e. The normalized spacial score (nSPS) is 11.7. The van der Waals surface area contributed by atoms with Gasteiger partial charge in [0.15, 0.2) is 0 Å². The molecule has 116 valence electrons. The molecule has 0 atom stereocenters. The van der Waals surface area contributed by atoms with Crippen LogP contribution in [0.1, 0.15) is 34.4 Å². The summed E-state index contributed by atoms with van der Waals surface area (Å²) in [5.41, 5.74) is 4.88. The van der Waals surface area contributed by atoms with Crippen LogP contribution in [0, 0.1) is 13.8 Å². The highest BCUT2D eigenvalue weighted by Gasteiger charge is 2.13. The molecule has 23 heavy (non-hydrogen) atoms. The largest absolute Gasteiger partial charge is 0.466 e. The molecule has 0 saturated carbocycles. The van der Waals surface area contributed by atoms with E-state index in [-0.39, 0.29) is 5.91 Å². The van der Waals surface area contributed by atoms with Crippen LogP contribution < -0.4 is 5.43 Å². The second-order valence-corrected chi connectivity index (χ2v) is 5.49. The van der Waals surface area contributed by atoms with Crippen molar-refractivity contribution in [3.05, 3.63) is 71.2 Å². The first-order valence-electron chi connectivity index (χ1n) is 7.46. The van der Waals surface area contributed by atoms with Gasteiger partial charge in [-0.25, -0.2) is 5.43 Å². The summed E-state index contributed by atoms with van der Waals surface area (Å²) in [6, 6.07) is 15.9. The van der Waals surface area contributed by atoms with Gasteiger partial charge in [-0.15, -0.1) is 0 Å². The Morgan fingerprint density at radius 3 is 2.52 bits per heavy atom. The number of hydrogen-bond donors (Lipinski definition) is 1. The lowest BCUT2D eigenvalue weighted by Gasteiger charge is -2.06. The van der Waals surface area contributed by atoms with Crippen LogP contribution in [-0.2, 0) is 0 Å². The third-order valence-electron chi connectivity index (χ3n) is 3.79. The highest BCUT2D eigenvalue weighted by Crippen LogP contribution is 2.19. The molecular formula is C19H18N2O2. The number of nitrogens with zero attached hydrogens (tertiary/aromatic N) is 1. The Morgan fingerprint density at radius 1 is 1.04 bits per heavy atom. The van der Waals surface area contributed by atoms with Crippen LogP contribution in [0.4, 0.5) is 0 Å². The zero-order chi connectivity index (χ0) is 16.4. The molecule has 4 heteroatoms. The van der Waals surface area contributed by atoms with Crippen molar-refractivity contribution in [1.29, 1.82) is 0 Å². The summed E-state index contributed by atoms with van der Waals surface area (Å²) >= 11 is 0. The van der Waals surface area contributed by atoms with Gasteiger partial charge in [0.2, 0.25) is 0 Å². The molecular weight excluding hydrogens is 288 g/mol. The summed E-state index contributed by atoms with van der Waals surface area (Å²) in [7, 11) is 0. The minimum absolute atomic E-state index is 0.265. The number of nitrogens with one attached hydrogen (secondary N) is 1. The van der Waals surface area contributed by atoms with Crippen LogP contribution in [0.15, 0.2) is 58.0 Å². The molecule has 0 unspecified atom stereocenters. The van der Waals surface area contributed by atoms with E-state index < -0.39 is 0 Å². The molecule has 3 aromatic rings. The molecule has 0 saturated heterocycles. The Balaban J connectivity index is 1.87. The molecule has 3 rings (SSSR count). The molecule has 0 aliphatic heterocycles.